The molecule has 1 N–H and O–H groups in total. The summed E-state index contributed by atoms with van der Waals surface area (Å²) >= 11 is 5.97. The van der Waals surface area contributed by atoms with Crippen molar-refractivity contribution in [3.63, 3.8) is 0 Å². The average molecular weight is 316 g/mol. The lowest BCUT2D eigenvalue weighted by Crippen LogP contribution is -2.32. The smallest absolute Gasteiger partial charge is 0.290 e. The molecule has 21 heavy (non-hydrogen) atoms. The topological polar surface area (TPSA) is 59.0 Å². The summed E-state index contributed by atoms with van der Waals surface area (Å²) in [5.74, 6) is 0. The standard InChI is InChI=1S/C14H20ClNO2.CH2O2/c1-16(6-5-14-11-17-7-8-18-14)10-12-3-2-4-13(15)9-12;2-1-3/h2-4,9,14H,5-8,10-11H2,1H3;1H,(H,2,3). The molecular weight excluding hydrogens is 294 g/mol. The number of benzene rings is 1. The summed E-state index contributed by atoms with van der Waals surface area (Å²) in [6, 6.07) is 8.00. The van der Waals surface area contributed by atoms with Crippen LogP contribution in [0.5, 0.6) is 0 Å². The van der Waals surface area contributed by atoms with Gasteiger partial charge in [0.05, 0.1) is 25.9 Å². The minimum absolute atomic E-state index is 0.250. The third kappa shape index (κ3) is 8.02. The molecule has 0 spiro atoms. The van der Waals surface area contributed by atoms with Gasteiger partial charge in [-0.25, -0.2) is 0 Å². The Kier molecular flexibility index (Phi) is 9.01. The van der Waals surface area contributed by atoms with Crippen molar-refractivity contribution in [2.24, 2.45) is 0 Å². The highest BCUT2D eigenvalue weighted by Crippen LogP contribution is 2.13. The summed E-state index contributed by atoms with van der Waals surface area (Å²) in [6.45, 7) is 3.84. The van der Waals surface area contributed by atoms with Crippen LogP contribution in [0.15, 0.2) is 24.3 Å². The molecule has 1 atom stereocenters. The van der Waals surface area contributed by atoms with Crippen LogP contribution in [0, 0.1) is 0 Å². The second-order valence-corrected chi connectivity index (χ2v) is 5.27. The van der Waals surface area contributed by atoms with Crippen molar-refractivity contribution in [1.82, 2.24) is 4.90 Å². The van der Waals surface area contributed by atoms with Crippen LogP contribution in [-0.2, 0) is 20.8 Å². The Morgan fingerprint density at radius 1 is 1.48 bits per heavy atom. The molecule has 0 saturated carbocycles. The number of ether oxygens (including phenoxy) is 2. The summed E-state index contributed by atoms with van der Waals surface area (Å²) in [5, 5.41) is 7.69. The zero-order valence-corrected chi connectivity index (χ0v) is 13.0. The lowest BCUT2D eigenvalue weighted by atomic mass is 10.2. The highest BCUT2D eigenvalue weighted by atomic mass is 35.5. The van der Waals surface area contributed by atoms with E-state index in [-0.39, 0.29) is 12.6 Å². The molecule has 1 aromatic carbocycles. The number of halogens is 1. The normalized spacial score (nSPS) is 18.0. The molecule has 0 bridgehead atoms. The number of carbonyl (C=O) groups is 1. The first-order chi connectivity index (χ1) is 10.2. The lowest BCUT2D eigenvalue weighted by Gasteiger charge is -2.25. The third-order valence-corrected chi connectivity index (χ3v) is 3.29. The van der Waals surface area contributed by atoms with E-state index in [0.29, 0.717) is 0 Å². The van der Waals surface area contributed by atoms with Crippen LogP contribution in [0.2, 0.25) is 5.02 Å². The Balaban J connectivity index is 0.000000677. The van der Waals surface area contributed by atoms with E-state index < -0.39 is 0 Å². The van der Waals surface area contributed by atoms with Crippen LogP contribution in [0.25, 0.3) is 0 Å². The van der Waals surface area contributed by atoms with E-state index in [1.165, 1.54) is 5.56 Å². The van der Waals surface area contributed by atoms with Crippen molar-refractivity contribution in [3.8, 4) is 0 Å². The Morgan fingerprint density at radius 2 is 2.24 bits per heavy atom. The van der Waals surface area contributed by atoms with Crippen LogP contribution in [-0.4, -0.2) is 56.0 Å². The lowest BCUT2D eigenvalue weighted by molar-refractivity contribution is -0.122. The molecule has 1 saturated heterocycles. The first-order valence-electron chi connectivity index (χ1n) is 6.86. The monoisotopic (exact) mass is 315 g/mol. The van der Waals surface area contributed by atoms with Gasteiger partial charge in [0.25, 0.3) is 6.47 Å². The van der Waals surface area contributed by atoms with Gasteiger partial charge in [0, 0.05) is 18.1 Å². The Morgan fingerprint density at radius 3 is 2.86 bits per heavy atom. The SMILES string of the molecule is CN(CCC1COCCO1)Cc1cccc(Cl)c1.O=CO. The molecule has 118 valence electrons. The molecule has 1 aliphatic heterocycles. The van der Waals surface area contributed by atoms with Gasteiger partial charge >= 0.3 is 0 Å². The van der Waals surface area contributed by atoms with Gasteiger partial charge in [-0.15, -0.1) is 0 Å². The molecule has 0 radical (unpaired) electrons. The molecule has 5 nitrogen and oxygen atoms in total. The van der Waals surface area contributed by atoms with Crippen molar-refractivity contribution in [2.75, 3.05) is 33.4 Å². The molecule has 1 heterocycles. The number of hydrogen-bond acceptors (Lipinski definition) is 4. The van der Waals surface area contributed by atoms with Crippen LogP contribution < -0.4 is 0 Å². The molecule has 6 heteroatoms. The maximum atomic E-state index is 8.36. The van der Waals surface area contributed by atoms with Crippen LogP contribution in [0.4, 0.5) is 0 Å². The van der Waals surface area contributed by atoms with Crippen molar-refractivity contribution < 1.29 is 19.4 Å². The third-order valence-electron chi connectivity index (χ3n) is 3.06. The van der Waals surface area contributed by atoms with Crippen molar-refractivity contribution >= 4 is 18.1 Å². The molecule has 1 unspecified atom stereocenters. The number of carboxylic acid groups (broad SMARTS) is 1. The molecule has 0 aromatic heterocycles. The van der Waals surface area contributed by atoms with Gasteiger partial charge < -0.3 is 19.5 Å². The van der Waals surface area contributed by atoms with E-state index in [4.69, 9.17) is 31.0 Å². The minimum Gasteiger partial charge on any atom is -0.483 e. The fraction of sp³-hybridized carbons (Fsp3) is 0.533. The Bertz CT molecular complexity index is 410. The number of rotatable bonds is 5. The van der Waals surface area contributed by atoms with Crippen LogP contribution in [0.1, 0.15) is 12.0 Å². The summed E-state index contributed by atoms with van der Waals surface area (Å²) in [6.07, 6.45) is 1.26. The predicted octanol–water partition coefficient (Wildman–Crippen LogP) is 2.28. The fourth-order valence-electron chi connectivity index (χ4n) is 2.09. The summed E-state index contributed by atoms with van der Waals surface area (Å²) in [7, 11) is 2.12. The first-order valence-corrected chi connectivity index (χ1v) is 7.23. The van der Waals surface area contributed by atoms with Gasteiger partial charge in [-0.05, 0) is 31.2 Å². The fourth-order valence-corrected chi connectivity index (χ4v) is 2.31. The summed E-state index contributed by atoms with van der Waals surface area (Å²) < 4.78 is 11.0. The average Bonchev–Trinajstić information content (AvgIpc) is 2.47. The van der Waals surface area contributed by atoms with Gasteiger partial charge in [0.2, 0.25) is 0 Å². The Hall–Kier alpha value is -1.14. The maximum absolute atomic E-state index is 8.36. The quantitative estimate of drug-likeness (QED) is 0.845. The van der Waals surface area contributed by atoms with Crippen molar-refractivity contribution in [3.05, 3.63) is 34.9 Å². The van der Waals surface area contributed by atoms with E-state index in [0.717, 1.165) is 44.4 Å². The molecular formula is C15H22ClNO4. The highest BCUT2D eigenvalue weighted by molar-refractivity contribution is 6.30. The molecule has 1 aromatic rings. The van der Waals surface area contributed by atoms with Crippen LogP contribution in [0.3, 0.4) is 0 Å². The Labute approximate surface area is 130 Å². The largest absolute Gasteiger partial charge is 0.483 e. The number of hydrogen-bond donors (Lipinski definition) is 1. The molecule has 1 aliphatic rings. The molecule has 0 amide bonds. The van der Waals surface area contributed by atoms with Crippen LogP contribution >= 0.6 is 11.6 Å². The van der Waals surface area contributed by atoms with Crippen molar-refractivity contribution in [2.45, 2.75) is 19.1 Å². The van der Waals surface area contributed by atoms with E-state index in [1.807, 2.05) is 18.2 Å². The van der Waals surface area contributed by atoms with Gasteiger partial charge in [-0.2, -0.15) is 0 Å². The predicted molar refractivity (Wildman–Crippen MR) is 81.7 cm³/mol. The van der Waals surface area contributed by atoms with E-state index in [9.17, 15) is 0 Å². The maximum Gasteiger partial charge on any atom is 0.290 e. The molecule has 1 fully saturated rings. The number of nitrogens with zero attached hydrogens (tertiary/aromatic N) is 1. The molecule has 2 rings (SSSR count). The first kappa shape index (κ1) is 17.9. The van der Waals surface area contributed by atoms with E-state index in [2.05, 4.69) is 18.0 Å². The highest BCUT2D eigenvalue weighted by Gasteiger charge is 2.14. The molecule has 0 aliphatic carbocycles. The van der Waals surface area contributed by atoms with Gasteiger partial charge in [-0.3, -0.25) is 4.79 Å². The minimum atomic E-state index is -0.250. The van der Waals surface area contributed by atoms with Crippen molar-refractivity contribution in [1.29, 1.82) is 0 Å². The second kappa shape index (κ2) is 10.6. The van der Waals surface area contributed by atoms with Gasteiger partial charge in [0.15, 0.2) is 0 Å². The van der Waals surface area contributed by atoms with E-state index in [1.54, 1.807) is 0 Å². The zero-order chi connectivity index (χ0) is 15.5. The summed E-state index contributed by atoms with van der Waals surface area (Å²) in [5.41, 5.74) is 1.24. The van der Waals surface area contributed by atoms with Gasteiger partial charge in [-0.1, -0.05) is 23.7 Å². The second-order valence-electron chi connectivity index (χ2n) is 4.83. The summed E-state index contributed by atoms with van der Waals surface area (Å²) in [4.78, 5) is 10.6. The van der Waals surface area contributed by atoms with Gasteiger partial charge in [0.1, 0.15) is 0 Å². The van der Waals surface area contributed by atoms with E-state index >= 15 is 0 Å². The zero-order valence-electron chi connectivity index (χ0n) is 12.2.